The molecule has 0 unspecified atom stereocenters. The molecule has 1 heterocycles. The van der Waals surface area contributed by atoms with E-state index in [1.54, 1.807) is 4.57 Å². The first kappa shape index (κ1) is 21.4. The highest BCUT2D eigenvalue weighted by Gasteiger charge is 2.29. The van der Waals surface area contributed by atoms with Crippen LogP contribution in [-0.4, -0.2) is 5.11 Å². The normalized spacial score (nSPS) is 11.3. The molecular formula is C27H21BrN2O2P+. The standard InChI is InChI=1S/C27H20BrN2O2P/c28-21-16-17-25(26(18-21)30-19-27(31)32-20-30)29-33(22-10-4-1-5-11-22,23-12-6-2-7-13-23)24-14-8-3-9-15-24/h1-20H/p+1. The number of hydrogen-bond acceptors (Lipinski definition) is 3. The van der Waals surface area contributed by atoms with E-state index in [4.69, 9.17) is 9.16 Å². The summed E-state index contributed by atoms with van der Waals surface area (Å²) >= 11 is 3.58. The number of hydrogen-bond donors (Lipinski definition) is 1. The van der Waals surface area contributed by atoms with E-state index in [-0.39, 0.29) is 5.95 Å². The molecule has 0 saturated heterocycles. The third-order valence-corrected chi connectivity index (χ3v) is 9.54. The van der Waals surface area contributed by atoms with E-state index >= 15 is 0 Å². The number of halogens is 1. The molecule has 0 aliphatic carbocycles. The molecule has 1 aromatic heterocycles. The van der Waals surface area contributed by atoms with E-state index in [9.17, 15) is 5.11 Å². The first-order chi connectivity index (χ1) is 16.2. The maximum Gasteiger partial charge on any atom is 0.354 e. The first-order valence-electron chi connectivity index (χ1n) is 10.4. The van der Waals surface area contributed by atoms with Crippen molar-refractivity contribution in [3.8, 4) is 11.6 Å². The van der Waals surface area contributed by atoms with Gasteiger partial charge in [-0.2, -0.15) is 0 Å². The van der Waals surface area contributed by atoms with Gasteiger partial charge in [-0.05, 0) is 12.1 Å². The lowest BCUT2D eigenvalue weighted by molar-refractivity contribution is -0.598. The van der Waals surface area contributed by atoms with Crippen molar-refractivity contribution in [2.75, 3.05) is 0 Å². The van der Waals surface area contributed by atoms with Crippen molar-refractivity contribution in [1.29, 1.82) is 0 Å². The lowest BCUT2D eigenvalue weighted by Gasteiger charge is -2.27. The summed E-state index contributed by atoms with van der Waals surface area (Å²) in [6.45, 7) is 0. The molecular weight excluding hydrogens is 495 g/mol. The Balaban J connectivity index is 1.91. The molecule has 0 saturated carbocycles. The van der Waals surface area contributed by atoms with Crippen molar-refractivity contribution >= 4 is 44.6 Å². The van der Waals surface area contributed by atoms with Gasteiger partial charge in [0.1, 0.15) is 5.69 Å². The lowest BCUT2D eigenvalue weighted by Crippen LogP contribution is -2.28. The molecule has 1 N–H and O–H groups in total. The molecule has 4 nitrogen and oxygen atoms in total. The highest BCUT2D eigenvalue weighted by atomic mass is 79.9. The third kappa shape index (κ3) is 4.18. The molecule has 162 valence electrons. The van der Waals surface area contributed by atoms with E-state index in [2.05, 4.69) is 88.7 Å². The van der Waals surface area contributed by atoms with Crippen LogP contribution in [0.25, 0.3) is 5.69 Å². The minimum atomic E-state index is -2.43. The SMILES string of the molecule is Oc1c[n+](-c2cc(Br)ccc2N=P(c2ccccc2)(c2ccccc2)c2ccccc2)co1. The molecule has 0 aliphatic rings. The number of aromatic nitrogens is 1. The minimum absolute atomic E-state index is 0.156. The molecule has 0 radical (unpaired) electrons. The zero-order valence-electron chi connectivity index (χ0n) is 17.6. The van der Waals surface area contributed by atoms with Gasteiger partial charge < -0.3 is 9.52 Å². The summed E-state index contributed by atoms with van der Waals surface area (Å²) in [5.74, 6) is -0.156. The van der Waals surface area contributed by atoms with E-state index in [0.717, 1.165) is 31.8 Å². The van der Waals surface area contributed by atoms with Gasteiger partial charge in [-0.1, -0.05) is 107 Å². The van der Waals surface area contributed by atoms with Crippen LogP contribution < -0.4 is 20.5 Å². The predicted octanol–water partition coefficient (Wildman–Crippen LogP) is 5.83. The summed E-state index contributed by atoms with van der Waals surface area (Å²) in [4.78, 5) is 0. The van der Waals surface area contributed by atoms with Crippen LogP contribution in [0.4, 0.5) is 5.69 Å². The molecule has 6 heteroatoms. The zero-order chi connectivity index (χ0) is 22.7. The van der Waals surface area contributed by atoms with Crippen molar-refractivity contribution < 1.29 is 14.1 Å². The molecule has 0 fully saturated rings. The van der Waals surface area contributed by atoms with Crippen LogP contribution in [0.15, 0.2) is 135 Å². The average molecular weight is 516 g/mol. The number of rotatable bonds is 5. The molecule has 33 heavy (non-hydrogen) atoms. The van der Waals surface area contributed by atoms with Gasteiger partial charge in [-0.15, -0.1) is 4.57 Å². The van der Waals surface area contributed by atoms with Crippen LogP contribution in [0.3, 0.4) is 0 Å². The van der Waals surface area contributed by atoms with Crippen molar-refractivity contribution in [3.63, 3.8) is 0 Å². The van der Waals surface area contributed by atoms with Crippen LogP contribution in [0, 0.1) is 0 Å². The highest BCUT2D eigenvalue weighted by molar-refractivity contribution is 9.10. The lowest BCUT2D eigenvalue weighted by atomic mass is 10.3. The molecule has 0 spiro atoms. The van der Waals surface area contributed by atoms with Crippen molar-refractivity contribution in [2.45, 2.75) is 0 Å². The Morgan fingerprint density at radius 3 is 1.70 bits per heavy atom. The van der Waals surface area contributed by atoms with E-state index in [1.165, 1.54) is 12.6 Å². The largest absolute Gasteiger partial charge is 0.476 e. The Kier molecular flexibility index (Phi) is 5.99. The summed E-state index contributed by atoms with van der Waals surface area (Å²) in [5, 5.41) is 13.3. The van der Waals surface area contributed by atoms with E-state index in [1.807, 2.05) is 36.4 Å². The number of aromatic hydroxyl groups is 1. The quantitative estimate of drug-likeness (QED) is 0.236. The van der Waals surface area contributed by atoms with Crippen LogP contribution >= 0.6 is 23.0 Å². The fraction of sp³-hybridized carbons (Fsp3) is 0. The molecule has 5 aromatic rings. The summed E-state index contributed by atoms with van der Waals surface area (Å²) in [7, 11) is -2.43. The Morgan fingerprint density at radius 1 is 0.727 bits per heavy atom. The van der Waals surface area contributed by atoms with Gasteiger partial charge in [0, 0.05) is 26.5 Å². The second-order valence-electron chi connectivity index (χ2n) is 7.47. The second-order valence-corrected chi connectivity index (χ2v) is 11.4. The van der Waals surface area contributed by atoms with Gasteiger partial charge in [-0.3, -0.25) is 0 Å². The Morgan fingerprint density at radius 2 is 1.24 bits per heavy atom. The van der Waals surface area contributed by atoms with Gasteiger partial charge in [-0.25, -0.2) is 4.74 Å². The van der Waals surface area contributed by atoms with Gasteiger partial charge in [0.2, 0.25) is 5.69 Å². The molecule has 0 atom stereocenters. The van der Waals surface area contributed by atoms with Crippen LogP contribution in [0.5, 0.6) is 5.95 Å². The molecule has 0 aliphatic heterocycles. The van der Waals surface area contributed by atoms with Gasteiger partial charge >= 0.3 is 12.3 Å². The number of nitrogens with zero attached hydrogens (tertiary/aromatic N) is 2. The van der Waals surface area contributed by atoms with E-state index in [0.29, 0.717) is 0 Å². The van der Waals surface area contributed by atoms with Crippen molar-refractivity contribution in [1.82, 2.24) is 0 Å². The fourth-order valence-corrected chi connectivity index (χ4v) is 7.81. The molecule has 5 rings (SSSR count). The van der Waals surface area contributed by atoms with E-state index < -0.39 is 7.05 Å². The molecule has 0 bridgehead atoms. The monoisotopic (exact) mass is 515 g/mol. The Bertz CT molecular complexity index is 1330. The van der Waals surface area contributed by atoms with Gasteiger partial charge in [0.05, 0.1) is 7.05 Å². The molecule has 0 amide bonds. The number of benzene rings is 4. The maximum atomic E-state index is 9.82. The van der Waals surface area contributed by atoms with Gasteiger partial charge in [0.25, 0.3) is 6.20 Å². The maximum absolute atomic E-state index is 9.82. The zero-order valence-corrected chi connectivity index (χ0v) is 20.1. The first-order valence-corrected chi connectivity index (χ1v) is 13.0. The predicted molar refractivity (Wildman–Crippen MR) is 137 cm³/mol. The average Bonchev–Trinajstić information content (AvgIpc) is 3.31. The van der Waals surface area contributed by atoms with Crippen LogP contribution in [-0.2, 0) is 0 Å². The fourth-order valence-electron chi connectivity index (χ4n) is 3.92. The minimum Gasteiger partial charge on any atom is -0.476 e. The number of oxazole rings is 1. The van der Waals surface area contributed by atoms with Crippen molar-refractivity contribution in [3.05, 3.63) is 126 Å². The van der Waals surface area contributed by atoms with Crippen molar-refractivity contribution in [2.24, 2.45) is 4.74 Å². The summed E-state index contributed by atoms with van der Waals surface area (Å²) in [6.07, 6.45) is 3.01. The summed E-state index contributed by atoms with van der Waals surface area (Å²) < 4.78 is 13.4. The highest BCUT2D eigenvalue weighted by Crippen LogP contribution is 2.50. The third-order valence-electron chi connectivity index (χ3n) is 5.40. The Hall–Kier alpha value is -3.40. The second kappa shape index (κ2) is 9.22. The Labute approximate surface area is 201 Å². The molecule has 4 aromatic carbocycles. The summed E-state index contributed by atoms with van der Waals surface area (Å²) in [5.41, 5.74) is 1.61. The van der Waals surface area contributed by atoms with Crippen LogP contribution in [0.2, 0.25) is 0 Å². The smallest absolute Gasteiger partial charge is 0.354 e. The van der Waals surface area contributed by atoms with Crippen LogP contribution in [0.1, 0.15) is 0 Å². The topological polar surface area (TPSA) is 49.6 Å². The van der Waals surface area contributed by atoms with Gasteiger partial charge in [0.15, 0.2) is 0 Å². The summed E-state index contributed by atoms with van der Waals surface area (Å²) in [6, 6.07) is 37.4.